The summed E-state index contributed by atoms with van der Waals surface area (Å²) in [5, 5.41) is 11.9. The summed E-state index contributed by atoms with van der Waals surface area (Å²) in [5.74, 6) is -0.222. The zero-order chi connectivity index (χ0) is 28.9. The van der Waals surface area contributed by atoms with E-state index >= 15 is 0 Å². The molecular weight excluding hydrogens is 555 g/mol. The molecule has 4 heterocycles. The number of amides is 1. The first kappa shape index (κ1) is 27.9. The number of halogens is 1. The van der Waals surface area contributed by atoms with Crippen molar-refractivity contribution in [3.05, 3.63) is 54.1 Å². The molecule has 12 nitrogen and oxygen atoms in total. The molecule has 0 spiro atoms. The largest absolute Gasteiger partial charge is 0.480 e. The predicted octanol–water partition coefficient (Wildman–Crippen LogP) is 4.54. The van der Waals surface area contributed by atoms with Crippen molar-refractivity contribution in [2.24, 2.45) is 0 Å². The Labute approximate surface area is 237 Å². The lowest BCUT2D eigenvalue weighted by atomic mass is 10.1. The van der Waals surface area contributed by atoms with Crippen LogP contribution in [0, 0.1) is 12.7 Å². The van der Waals surface area contributed by atoms with Crippen molar-refractivity contribution in [1.82, 2.24) is 24.9 Å². The first-order chi connectivity index (χ1) is 19.8. The summed E-state index contributed by atoms with van der Waals surface area (Å²) in [5.41, 5.74) is 3.74. The lowest BCUT2D eigenvalue weighted by Gasteiger charge is -2.14. The highest BCUT2D eigenvalue weighted by molar-refractivity contribution is 7.21. The van der Waals surface area contributed by atoms with Crippen LogP contribution in [-0.2, 0) is 4.74 Å². The molecule has 0 fully saturated rings. The van der Waals surface area contributed by atoms with E-state index < -0.39 is 18.0 Å². The lowest BCUT2D eigenvalue weighted by molar-refractivity contribution is 0.0827. The van der Waals surface area contributed by atoms with Crippen LogP contribution in [0.3, 0.4) is 0 Å². The molecule has 2 N–H and O–H groups in total. The Morgan fingerprint density at radius 3 is 2.68 bits per heavy atom. The topological polar surface area (TPSA) is 151 Å². The molecule has 212 valence electrons. The maximum atomic E-state index is 14.8. The number of pyridine rings is 2. The van der Waals surface area contributed by atoms with Crippen molar-refractivity contribution < 1.29 is 33.2 Å². The number of fused-ring (bicyclic) bond motifs is 2. The van der Waals surface area contributed by atoms with Crippen LogP contribution in [0.1, 0.15) is 12.5 Å². The molecule has 0 saturated heterocycles. The van der Waals surface area contributed by atoms with Crippen molar-refractivity contribution in [3.63, 3.8) is 0 Å². The van der Waals surface area contributed by atoms with E-state index in [1.807, 2.05) is 19.1 Å². The van der Waals surface area contributed by atoms with Gasteiger partial charge in [0.25, 0.3) is 5.88 Å². The first-order valence-corrected chi connectivity index (χ1v) is 13.2. The van der Waals surface area contributed by atoms with E-state index in [0.29, 0.717) is 43.8 Å². The number of aliphatic hydroxyl groups excluding tert-OH is 1. The minimum absolute atomic E-state index is 0.112. The molecule has 1 aromatic carbocycles. The first-order valence-electron chi connectivity index (χ1n) is 12.4. The molecule has 0 unspecified atom stereocenters. The van der Waals surface area contributed by atoms with Gasteiger partial charge < -0.3 is 24.1 Å². The van der Waals surface area contributed by atoms with Gasteiger partial charge in [-0.05, 0) is 37.6 Å². The number of ether oxygens (including phenoxy) is 4. The fourth-order valence-electron chi connectivity index (χ4n) is 3.80. The van der Waals surface area contributed by atoms with Crippen LogP contribution in [-0.4, -0.2) is 69.2 Å². The number of aromatic nitrogens is 5. The summed E-state index contributed by atoms with van der Waals surface area (Å²) in [7, 11) is 1.53. The maximum absolute atomic E-state index is 14.8. The van der Waals surface area contributed by atoms with Crippen molar-refractivity contribution in [2.75, 3.05) is 32.2 Å². The molecule has 0 radical (unpaired) electrons. The summed E-state index contributed by atoms with van der Waals surface area (Å²) in [6.07, 6.45) is 1.45. The summed E-state index contributed by atoms with van der Waals surface area (Å²) in [6.45, 7) is 3.38. The second kappa shape index (κ2) is 12.2. The number of carbonyl (C=O) groups excluding carboxylic acids is 1. The number of hydrogen-bond acceptors (Lipinski definition) is 12. The van der Waals surface area contributed by atoms with Crippen LogP contribution < -0.4 is 19.5 Å². The van der Waals surface area contributed by atoms with Gasteiger partial charge in [-0.15, -0.1) is 0 Å². The Morgan fingerprint density at radius 2 is 1.93 bits per heavy atom. The Bertz CT molecular complexity index is 1700. The van der Waals surface area contributed by atoms with Gasteiger partial charge in [0.05, 0.1) is 42.8 Å². The number of rotatable bonds is 10. The minimum Gasteiger partial charge on any atom is -0.480 e. The number of hydrogen-bond donors (Lipinski definition) is 2. The van der Waals surface area contributed by atoms with E-state index in [4.69, 9.17) is 24.1 Å². The van der Waals surface area contributed by atoms with Crippen LogP contribution in [0.4, 0.5) is 14.9 Å². The molecule has 14 heteroatoms. The van der Waals surface area contributed by atoms with Gasteiger partial charge in [-0.2, -0.15) is 4.98 Å². The van der Waals surface area contributed by atoms with Crippen molar-refractivity contribution in [1.29, 1.82) is 0 Å². The monoisotopic (exact) mass is 580 g/mol. The molecule has 5 aromatic rings. The molecular formula is C27H25FN6O6S. The summed E-state index contributed by atoms with van der Waals surface area (Å²) >= 11 is 1.27. The summed E-state index contributed by atoms with van der Waals surface area (Å²) in [6, 6.07) is 8.21. The van der Waals surface area contributed by atoms with Crippen LogP contribution in [0.5, 0.6) is 17.6 Å². The van der Waals surface area contributed by atoms with Gasteiger partial charge in [0.15, 0.2) is 5.82 Å². The third-order valence-corrected chi connectivity index (χ3v) is 6.60. The van der Waals surface area contributed by atoms with E-state index in [1.54, 1.807) is 19.1 Å². The second-order valence-electron chi connectivity index (χ2n) is 8.82. The molecule has 0 saturated carbocycles. The van der Waals surface area contributed by atoms with Crippen molar-refractivity contribution >= 4 is 44.5 Å². The number of nitrogens with one attached hydrogen (secondary N) is 1. The average Bonchev–Trinajstić information content (AvgIpc) is 3.37. The standard InChI is InChI=1S/C27H25FN6O6S/c1-14-8-17(23-19(9-14)32-22(37-3)12-30-23)25-33-20-10-18(28)24(34-26(20)41-25)39-13-15(2)40-27(36)31-16-4-5-21(29-11-16)38-7-6-35/h4-5,8-12,15,35H,6-7,13H2,1-3H3,(H,31,36)/t15-/m1/s1. The molecule has 0 bridgehead atoms. The number of methoxy groups -OCH3 is 1. The Morgan fingerprint density at radius 1 is 1.07 bits per heavy atom. The van der Waals surface area contributed by atoms with Gasteiger partial charge in [-0.1, -0.05) is 11.3 Å². The molecule has 1 amide bonds. The molecule has 0 aliphatic heterocycles. The molecule has 4 aromatic heterocycles. The highest BCUT2D eigenvalue weighted by Gasteiger charge is 2.18. The second-order valence-corrected chi connectivity index (χ2v) is 9.80. The third-order valence-electron chi connectivity index (χ3n) is 5.60. The van der Waals surface area contributed by atoms with E-state index in [0.717, 1.165) is 11.1 Å². The van der Waals surface area contributed by atoms with Crippen LogP contribution in [0.25, 0.3) is 32.0 Å². The van der Waals surface area contributed by atoms with Gasteiger partial charge >= 0.3 is 6.09 Å². The Hall–Kier alpha value is -4.69. The number of aryl methyl sites for hydroxylation is 1. The number of anilines is 1. The smallest absolute Gasteiger partial charge is 0.412 e. The SMILES string of the molecule is COc1cnc2c(-c3nc4cc(F)c(OC[C@@H](C)OC(=O)Nc5ccc(OCCO)nc5)nc4s3)cc(C)cc2n1. The fraction of sp³-hybridized carbons (Fsp3) is 0.259. The van der Waals surface area contributed by atoms with Gasteiger partial charge in [-0.3, -0.25) is 5.32 Å². The zero-order valence-corrected chi connectivity index (χ0v) is 23.1. The minimum atomic E-state index is -0.742. The number of carbonyl (C=O) groups is 1. The van der Waals surface area contributed by atoms with Gasteiger partial charge in [0.1, 0.15) is 34.7 Å². The Kier molecular flexibility index (Phi) is 8.31. The normalized spacial score (nSPS) is 11.8. The summed E-state index contributed by atoms with van der Waals surface area (Å²) in [4.78, 5) is 34.5. The van der Waals surface area contributed by atoms with Gasteiger partial charge in [0.2, 0.25) is 11.8 Å². The average molecular weight is 581 g/mol. The number of nitrogens with zero attached hydrogens (tertiary/aromatic N) is 5. The van der Waals surface area contributed by atoms with Crippen molar-refractivity contribution in [2.45, 2.75) is 20.0 Å². The third kappa shape index (κ3) is 6.56. The van der Waals surface area contributed by atoms with Crippen molar-refractivity contribution in [3.8, 4) is 28.2 Å². The number of aliphatic hydroxyl groups is 1. The van der Waals surface area contributed by atoms with Crippen LogP contribution in [0.15, 0.2) is 42.7 Å². The van der Waals surface area contributed by atoms with Gasteiger partial charge in [0, 0.05) is 17.7 Å². The molecule has 1 atom stereocenters. The summed E-state index contributed by atoms with van der Waals surface area (Å²) < 4.78 is 36.0. The molecule has 0 aliphatic rings. The highest BCUT2D eigenvalue weighted by Crippen LogP contribution is 2.35. The molecule has 5 rings (SSSR count). The fourth-order valence-corrected chi connectivity index (χ4v) is 4.73. The van der Waals surface area contributed by atoms with E-state index in [2.05, 4.69) is 30.2 Å². The molecule has 0 aliphatic carbocycles. The van der Waals surface area contributed by atoms with Crippen LogP contribution >= 0.6 is 11.3 Å². The lowest BCUT2D eigenvalue weighted by Crippen LogP contribution is -2.25. The van der Waals surface area contributed by atoms with Gasteiger partial charge in [-0.25, -0.2) is 29.1 Å². The van der Waals surface area contributed by atoms with E-state index in [1.165, 1.54) is 36.9 Å². The number of benzene rings is 1. The Balaban J connectivity index is 1.25. The zero-order valence-electron chi connectivity index (χ0n) is 22.3. The number of thiazole rings is 1. The molecule has 41 heavy (non-hydrogen) atoms. The predicted molar refractivity (Wildman–Crippen MR) is 149 cm³/mol. The maximum Gasteiger partial charge on any atom is 0.412 e. The highest BCUT2D eigenvalue weighted by atomic mass is 32.1. The van der Waals surface area contributed by atoms with Crippen LogP contribution in [0.2, 0.25) is 0 Å². The van der Waals surface area contributed by atoms with E-state index in [9.17, 15) is 9.18 Å². The quantitative estimate of drug-likeness (QED) is 0.240. The van der Waals surface area contributed by atoms with E-state index in [-0.39, 0.29) is 25.7 Å².